The molecule has 0 saturated carbocycles. The number of benzene rings is 4. The minimum absolute atomic E-state index is 1.11. The lowest BCUT2D eigenvalue weighted by Gasteiger charge is -2.19. The molecule has 4 aromatic carbocycles. The minimum Gasteiger partial charge on any atom is -0.0984 e. The van der Waals surface area contributed by atoms with E-state index in [0.29, 0.717) is 0 Å². The molecule has 0 aliphatic rings. The normalized spacial score (nSPS) is 10.9. The zero-order valence-corrected chi connectivity index (χ0v) is 21.1. The van der Waals surface area contributed by atoms with Crippen molar-refractivity contribution in [1.82, 2.24) is 0 Å². The number of hydrogen-bond donors (Lipinski definition) is 0. The molecule has 0 saturated heterocycles. The maximum atomic E-state index is 4.08. The summed E-state index contributed by atoms with van der Waals surface area (Å²) in [7, 11) is 0. The molecule has 33 heavy (non-hydrogen) atoms. The van der Waals surface area contributed by atoms with Gasteiger partial charge in [0.1, 0.15) is 0 Å². The standard InChI is InChI=1S/C31H34.C2H6/c1-5-9-11-17-27-29-19-23(8-4)22(7-3)18-28(29)26(16-10-6-2)30-20-24-14-12-13-15-25(24)21-31(27)30;1-2/h7-8,12-15,18-21H,3-6,9-11,16-17H2,1-2H3;1-2H3. The first-order valence-electron chi connectivity index (χ1n) is 12.9. The monoisotopic (exact) mass is 436 g/mol. The zero-order chi connectivity index (χ0) is 23.8. The highest BCUT2D eigenvalue weighted by atomic mass is 14.2. The summed E-state index contributed by atoms with van der Waals surface area (Å²) >= 11 is 0. The third kappa shape index (κ3) is 5.06. The summed E-state index contributed by atoms with van der Waals surface area (Å²) < 4.78 is 0. The smallest absolute Gasteiger partial charge is 0.0136 e. The van der Waals surface area contributed by atoms with Crippen LogP contribution in [0.25, 0.3) is 44.5 Å². The molecule has 0 heteroatoms. The second-order valence-electron chi connectivity index (χ2n) is 8.70. The van der Waals surface area contributed by atoms with E-state index in [1.165, 1.54) is 86.7 Å². The van der Waals surface area contributed by atoms with Gasteiger partial charge in [-0.1, -0.05) is 96.5 Å². The number of unbranched alkanes of at least 4 members (excludes halogenated alkanes) is 3. The van der Waals surface area contributed by atoms with E-state index in [4.69, 9.17) is 0 Å². The SMILES string of the molecule is C=Cc1cc2c(CCCC)c3cc4ccccc4cc3c(CCCCC)c2cc1C=C.CC. The van der Waals surface area contributed by atoms with E-state index >= 15 is 0 Å². The Bertz CT molecular complexity index is 1260. The largest absolute Gasteiger partial charge is 0.0984 e. The maximum Gasteiger partial charge on any atom is -0.0136 e. The van der Waals surface area contributed by atoms with Gasteiger partial charge in [0.15, 0.2) is 0 Å². The van der Waals surface area contributed by atoms with Crippen molar-refractivity contribution in [1.29, 1.82) is 0 Å². The van der Waals surface area contributed by atoms with Gasteiger partial charge in [0.25, 0.3) is 0 Å². The Hall–Kier alpha value is -2.86. The van der Waals surface area contributed by atoms with E-state index in [2.05, 4.69) is 75.5 Å². The number of aryl methyl sites for hydroxylation is 2. The van der Waals surface area contributed by atoms with E-state index < -0.39 is 0 Å². The molecule has 0 aliphatic heterocycles. The molecule has 0 fully saturated rings. The van der Waals surface area contributed by atoms with Crippen LogP contribution < -0.4 is 0 Å². The van der Waals surface area contributed by atoms with E-state index in [1.807, 2.05) is 26.0 Å². The Morgan fingerprint density at radius 2 is 1.03 bits per heavy atom. The van der Waals surface area contributed by atoms with Gasteiger partial charge in [-0.2, -0.15) is 0 Å². The Morgan fingerprint density at radius 3 is 1.45 bits per heavy atom. The molecular formula is C33H40. The van der Waals surface area contributed by atoms with Crippen LogP contribution in [-0.2, 0) is 12.8 Å². The topological polar surface area (TPSA) is 0 Å². The highest BCUT2D eigenvalue weighted by Gasteiger charge is 2.16. The fourth-order valence-corrected chi connectivity index (χ4v) is 4.96. The molecule has 0 N–H and O–H groups in total. The lowest BCUT2D eigenvalue weighted by Crippen LogP contribution is -1.99. The molecule has 0 aromatic heterocycles. The number of rotatable bonds is 9. The van der Waals surface area contributed by atoms with Crippen LogP contribution in [-0.4, -0.2) is 0 Å². The van der Waals surface area contributed by atoms with Crippen molar-refractivity contribution in [3.63, 3.8) is 0 Å². The van der Waals surface area contributed by atoms with Gasteiger partial charge in [-0.25, -0.2) is 0 Å². The van der Waals surface area contributed by atoms with Crippen molar-refractivity contribution in [2.24, 2.45) is 0 Å². The van der Waals surface area contributed by atoms with Crippen molar-refractivity contribution >= 4 is 44.5 Å². The summed E-state index contributed by atoms with van der Waals surface area (Å²) in [5, 5.41) is 8.36. The summed E-state index contributed by atoms with van der Waals surface area (Å²) in [5.74, 6) is 0. The van der Waals surface area contributed by atoms with Crippen molar-refractivity contribution < 1.29 is 0 Å². The molecule has 4 aromatic rings. The molecule has 0 aliphatic carbocycles. The molecule has 0 nitrogen and oxygen atoms in total. The van der Waals surface area contributed by atoms with E-state index in [0.717, 1.165) is 12.8 Å². The highest BCUT2D eigenvalue weighted by molar-refractivity contribution is 6.11. The van der Waals surface area contributed by atoms with Gasteiger partial charge in [0.2, 0.25) is 0 Å². The maximum absolute atomic E-state index is 4.08. The Kier molecular flexibility index (Phi) is 8.89. The van der Waals surface area contributed by atoms with Crippen molar-refractivity contribution in [2.45, 2.75) is 72.6 Å². The van der Waals surface area contributed by atoms with Crippen LogP contribution >= 0.6 is 0 Å². The molecule has 0 heterocycles. The fraction of sp³-hybridized carbons (Fsp3) is 0.333. The van der Waals surface area contributed by atoms with Crippen molar-refractivity contribution in [2.75, 3.05) is 0 Å². The molecule has 4 rings (SSSR count). The van der Waals surface area contributed by atoms with E-state index in [-0.39, 0.29) is 0 Å². The summed E-state index contributed by atoms with van der Waals surface area (Å²) in [4.78, 5) is 0. The molecule has 0 atom stereocenters. The lowest BCUT2D eigenvalue weighted by atomic mass is 9.84. The second-order valence-corrected chi connectivity index (χ2v) is 8.70. The molecule has 0 bridgehead atoms. The number of fused-ring (bicyclic) bond motifs is 3. The number of hydrogen-bond acceptors (Lipinski definition) is 0. The quantitative estimate of drug-likeness (QED) is 0.181. The minimum atomic E-state index is 1.11. The predicted molar refractivity (Wildman–Crippen MR) is 152 cm³/mol. The molecule has 0 amide bonds. The molecule has 0 spiro atoms. The summed E-state index contributed by atoms with van der Waals surface area (Å²) in [5.41, 5.74) is 5.36. The summed E-state index contributed by atoms with van der Waals surface area (Å²) in [6, 6.07) is 18.4. The first-order valence-corrected chi connectivity index (χ1v) is 12.9. The summed E-state index contributed by atoms with van der Waals surface area (Å²) in [6.45, 7) is 16.7. The third-order valence-electron chi connectivity index (χ3n) is 6.66. The van der Waals surface area contributed by atoms with Gasteiger partial charge in [0, 0.05) is 0 Å². The van der Waals surface area contributed by atoms with Gasteiger partial charge in [-0.05, 0) is 105 Å². The van der Waals surface area contributed by atoms with Gasteiger partial charge in [-0.15, -0.1) is 0 Å². The van der Waals surface area contributed by atoms with Crippen LogP contribution in [0.5, 0.6) is 0 Å². The molecule has 0 unspecified atom stereocenters. The van der Waals surface area contributed by atoms with Crippen LogP contribution in [0, 0.1) is 0 Å². The van der Waals surface area contributed by atoms with Crippen LogP contribution in [0.15, 0.2) is 61.7 Å². The van der Waals surface area contributed by atoms with Crippen molar-refractivity contribution in [3.8, 4) is 0 Å². The van der Waals surface area contributed by atoms with Gasteiger partial charge in [-0.3, -0.25) is 0 Å². The third-order valence-corrected chi connectivity index (χ3v) is 6.66. The van der Waals surface area contributed by atoms with Gasteiger partial charge in [0.05, 0.1) is 0 Å². The van der Waals surface area contributed by atoms with Gasteiger partial charge < -0.3 is 0 Å². The van der Waals surface area contributed by atoms with Gasteiger partial charge >= 0.3 is 0 Å². The predicted octanol–water partition coefficient (Wildman–Crippen LogP) is 10.5. The van der Waals surface area contributed by atoms with E-state index in [9.17, 15) is 0 Å². The highest BCUT2D eigenvalue weighted by Crippen LogP contribution is 2.39. The van der Waals surface area contributed by atoms with E-state index in [1.54, 1.807) is 0 Å². The Balaban J connectivity index is 0.00000149. The Morgan fingerprint density at radius 1 is 0.606 bits per heavy atom. The van der Waals surface area contributed by atoms with Crippen LogP contribution in [0.2, 0.25) is 0 Å². The first kappa shape index (κ1) is 24.8. The average Bonchev–Trinajstić information content (AvgIpc) is 2.87. The average molecular weight is 437 g/mol. The molecule has 0 radical (unpaired) electrons. The van der Waals surface area contributed by atoms with Crippen LogP contribution in [0.1, 0.15) is 82.1 Å². The van der Waals surface area contributed by atoms with Crippen LogP contribution in [0.3, 0.4) is 0 Å². The second kappa shape index (κ2) is 11.8. The first-order chi connectivity index (χ1) is 16.2. The van der Waals surface area contributed by atoms with Crippen LogP contribution in [0.4, 0.5) is 0 Å². The fourth-order valence-electron chi connectivity index (χ4n) is 4.96. The molecular weight excluding hydrogens is 396 g/mol. The Labute approximate surface area is 201 Å². The summed E-state index contributed by atoms with van der Waals surface area (Å²) in [6.07, 6.45) is 12.3. The molecule has 172 valence electrons. The zero-order valence-electron chi connectivity index (χ0n) is 21.1. The lowest BCUT2D eigenvalue weighted by molar-refractivity contribution is 0.721. The van der Waals surface area contributed by atoms with Crippen molar-refractivity contribution in [3.05, 3.63) is 83.9 Å².